The van der Waals surface area contributed by atoms with Gasteiger partial charge in [-0.3, -0.25) is 0 Å². The predicted molar refractivity (Wildman–Crippen MR) is 33.7 cm³/mol. The van der Waals surface area contributed by atoms with E-state index in [1.807, 2.05) is 0 Å². The Morgan fingerprint density at radius 1 is 1.50 bits per heavy atom. The van der Waals surface area contributed by atoms with Crippen molar-refractivity contribution < 1.29 is 6.48 Å². The summed E-state index contributed by atoms with van der Waals surface area (Å²) in [7, 11) is 0. The third kappa shape index (κ3) is 1.48. The van der Waals surface area contributed by atoms with Crippen molar-refractivity contribution in [3.8, 4) is 0 Å². The number of aliphatic hydroxyl groups excluding tert-OH is 1. The van der Waals surface area contributed by atoms with Crippen molar-refractivity contribution in [3.63, 3.8) is 0 Å². The molecule has 1 nitrogen and oxygen atoms in total. The van der Waals surface area contributed by atoms with E-state index >= 15 is 0 Å². The van der Waals surface area contributed by atoms with Crippen molar-refractivity contribution in [1.82, 2.24) is 0 Å². The molecule has 1 aliphatic carbocycles. The van der Waals surface area contributed by atoms with Crippen LogP contribution in [0, 0.1) is 5.92 Å². The summed E-state index contributed by atoms with van der Waals surface area (Å²) in [5.74, 6) is 0.506. The second-order valence-corrected chi connectivity index (χ2v) is 2.49. The Kier molecular flexibility index (Phi) is 1.85. The van der Waals surface area contributed by atoms with Crippen molar-refractivity contribution >= 4 is 0 Å². The molecule has 0 amide bonds. The average Bonchev–Trinajstić information content (AvgIpc) is 1.90. The van der Waals surface area contributed by atoms with Crippen LogP contribution < -0.4 is 0 Å². The van der Waals surface area contributed by atoms with E-state index < -0.39 is 0 Å². The Bertz CT molecular complexity index is 77.0. The Morgan fingerprint density at radius 2 is 2.12 bits per heavy atom. The van der Waals surface area contributed by atoms with Gasteiger partial charge in [0.05, 0.1) is 0 Å². The molecule has 8 heavy (non-hydrogen) atoms. The molecule has 1 saturated carbocycles. The van der Waals surface area contributed by atoms with Gasteiger partial charge in [0.15, 0.2) is 0 Å². The molecule has 1 aliphatic rings. The molecule has 48 valence electrons. The fourth-order valence-corrected chi connectivity index (χ4v) is 1.18. The van der Waals surface area contributed by atoms with Crippen LogP contribution in [0.3, 0.4) is 0 Å². The summed E-state index contributed by atoms with van der Waals surface area (Å²) in [5.41, 5.74) is 0. The van der Waals surface area contributed by atoms with Crippen LogP contribution in [0.5, 0.6) is 0 Å². The van der Waals surface area contributed by atoms with Crippen LogP contribution in [-0.4, -0.2) is 11.7 Å². The summed E-state index contributed by atoms with van der Waals surface area (Å²) in [6, 6.07) is 0. The Morgan fingerprint density at radius 3 is 2.62 bits per heavy atom. The minimum atomic E-state index is 0.160. The first kappa shape index (κ1) is 4.80. The normalized spacial score (nSPS) is 41.4. The predicted octanol–water partition coefficient (Wildman–Crippen LogP) is 1.56. The highest BCUT2D eigenvalue weighted by molar-refractivity contribution is 4.63. The Labute approximate surface area is 52.1 Å². The minimum Gasteiger partial charge on any atom is -0.396 e. The van der Waals surface area contributed by atoms with Crippen LogP contribution in [-0.2, 0) is 0 Å². The first-order chi connectivity index (χ1) is 4.33. The van der Waals surface area contributed by atoms with Crippen LogP contribution in [0.1, 0.15) is 33.5 Å². The van der Waals surface area contributed by atoms with Crippen LogP contribution in [0.25, 0.3) is 0 Å². The van der Waals surface area contributed by atoms with Crippen molar-refractivity contribution in [1.29, 1.82) is 0 Å². The van der Waals surface area contributed by atoms with E-state index in [-0.39, 0.29) is 6.40 Å². The van der Waals surface area contributed by atoms with Gasteiger partial charge in [0.1, 0.15) is 0 Å². The zero-order valence-corrected chi connectivity index (χ0v) is 5.14. The monoisotopic (exact) mass is 115 g/mol. The molecule has 0 aromatic rings. The maximum Gasteiger partial charge on any atom is 0.0459 e. The lowest BCUT2D eigenvalue weighted by Crippen LogP contribution is -2.09. The molecule has 0 aromatic heterocycles. The van der Waals surface area contributed by atoms with Gasteiger partial charge in [-0.15, -0.1) is 0 Å². The first-order valence-corrected chi connectivity index (χ1v) is 3.36. The molecule has 0 bridgehead atoms. The maximum absolute atomic E-state index is 8.72. The van der Waals surface area contributed by atoms with Gasteiger partial charge in [-0.2, -0.15) is 0 Å². The molecule has 1 heteroatoms. The number of hydrogen-bond donors (Lipinski definition) is 1. The molecular weight excluding hydrogens is 100 g/mol. The molecule has 0 heterocycles. The van der Waals surface area contributed by atoms with Crippen LogP contribution in [0.4, 0.5) is 0 Å². The van der Waals surface area contributed by atoms with Crippen molar-refractivity contribution in [3.05, 3.63) is 0 Å². The van der Waals surface area contributed by atoms with E-state index in [0.717, 1.165) is 25.7 Å². The highest BCUT2D eigenvalue weighted by atomic mass is 16.3. The summed E-state index contributed by atoms with van der Waals surface area (Å²) in [6.45, 7) is 0.326. The molecule has 0 unspecified atom stereocenters. The van der Waals surface area contributed by atoms with Crippen molar-refractivity contribution in [2.75, 3.05) is 6.61 Å². The zero-order valence-electron chi connectivity index (χ0n) is 6.14. The molecule has 0 saturated heterocycles. The Hall–Kier alpha value is -0.0400. The summed E-state index contributed by atoms with van der Waals surface area (Å²) < 4.78 is 7.36. The van der Waals surface area contributed by atoms with Gasteiger partial charge in [-0.25, -0.2) is 0 Å². The molecule has 1 rings (SSSR count). The third-order valence-corrected chi connectivity index (χ3v) is 1.82. The second-order valence-electron chi connectivity index (χ2n) is 2.49. The average molecular weight is 115 g/mol. The topological polar surface area (TPSA) is 20.2 Å². The molecule has 1 fully saturated rings. The number of hydrogen-bond acceptors (Lipinski definition) is 1. The Balaban J connectivity index is 2.18. The largest absolute Gasteiger partial charge is 0.396 e. The van der Waals surface area contributed by atoms with Crippen LogP contribution in [0.2, 0.25) is 0 Å². The molecule has 0 atom stereocenters. The summed E-state index contributed by atoms with van der Waals surface area (Å²) in [6.07, 6.45) is 4.26. The summed E-state index contributed by atoms with van der Waals surface area (Å²) in [5, 5.41) is 8.72. The smallest absolute Gasteiger partial charge is 0.0459 e. The van der Waals surface area contributed by atoms with Gasteiger partial charge in [-0.1, -0.05) is 19.2 Å². The standard InChI is InChI=1S/C7H14O/c8-6-7-4-2-1-3-5-7/h7-8H,1-6H2/i1D. The van der Waals surface area contributed by atoms with E-state index in [4.69, 9.17) is 6.48 Å². The van der Waals surface area contributed by atoms with Crippen LogP contribution >= 0.6 is 0 Å². The van der Waals surface area contributed by atoms with Gasteiger partial charge >= 0.3 is 0 Å². The van der Waals surface area contributed by atoms with Gasteiger partial charge in [0.2, 0.25) is 0 Å². The van der Waals surface area contributed by atoms with Gasteiger partial charge < -0.3 is 5.11 Å². The quantitative estimate of drug-likeness (QED) is 0.550. The highest BCUT2D eigenvalue weighted by Gasteiger charge is 2.10. The SMILES string of the molecule is [2H]C1CCC(CO)CC1. The lowest BCUT2D eigenvalue weighted by atomic mass is 9.90. The van der Waals surface area contributed by atoms with E-state index in [9.17, 15) is 0 Å². The van der Waals surface area contributed by atoms with E-state index in [1.165, 1.54) is 0 Å². The molecule has 0 aliphatic heterocycles. The number of rotatable bonds is 1. The lowest BCUT2D eigenvalue weighted by Gasteiger charge is -2.18. The third-order valence-electron chi connectivity index (χ3n) is 1.82. The molecular formula is C7H14O. The molecule has 1 N–H and O–H groups in total. The summed E-state index contributed by atoms with van der Waals surface area (Å²) >= 11 is 0. The molecule has 0 radical (unpaired) electrons. The van der Waals surface area contributed by atoms with Gasteiger partial charge in [0, 0.05) is 7.98 Å². The minimum absolute atomic E-state index is 0.160. The maximum atomic E-state index is 8.72. The zero-order chi connectivity index (χ0) is 6.69. The highest BCUT2D eigenvalue weighted by Crippen LogP contribution is 2.22. The summed E-state index contributed by atoms with van der Waals surface area (Å²) in [4.78, 5) is 0. The number of aliphatic hydroxyl groups is 1. The van der Waals surface area contributed by atoms with Crippen molar-refractivity contribution in [2.24, 2.45) is 5.92 Å². The van der Waals surface area contributed by atoms with E-state index in [1.54, 1.807) is 0 Å². The van der Waals surface area contributed by atoms with Gasteiger partial charge in [-0.05, 0) is 18.8 Å². The van der Waals surface area contributed by atoms with Gasteiger partial charge in [0.25, 0.3) is 0 Å². The fourth-order valence-electron chi connectivity index (χ4n) is 1.18. The van der Waals surface area contributed by atoms with E-state index in [2.05, 4.69) is 0 Å². The van der Waals surface area contributed by atoms with E-state index in [0.29, 0.717) is 12.5 Å². The van der Waals surface area contributed by atoms with Crippen LogP contribution in [0.15, 0.2) is 0 Å². The van der Waals surface area contributed by atoms with Crippen molar-refractivity contribution in [2.45, 2.75) is 32.1 Å². The lowest BCUT2D eigenvalue weighted by molar-refractivity contribution is 0.190. The molecule has 0 spiro atoms. The molecule has 0 aromatic carbocycles. The fraction of sp³-hybridized carbons (Fsp3) is 1.00. The second kappa shape index (κ2) is 3.08. The first-order valence-electron chi connectivity index (χ1n) is 3.93.